The maximum Gasteiger partial charge on any atom is 0.209 e. The van der Waals surface area contributed by atoms with E-state index in [1.807, 2.05) is 0 Å². The summed E-state index contributed by atoms with van der Waals surface area (Å²) in [5.41, 5.74) is 2.28. The van der Waals surface area contributed by atoms with Crippen molar-refractivity contribution in [3.8, 4) is 0 Å². The van der Waals surface area contributed by atoms with Crippen LogP contribution in [0.2, 0.25) is 0 Å². The first-order valence-electron chi connectivity index (χ1n) is 5.63. The van der Waals surface area contributed by atoms with Crippen LogP contribution < -0.4 is 10.5 Å². The molecule has 0 saturated heterocycles. The zero-order valence-corrected chi connectivity index (χ0v) is 10.3. The summed E-state index contributed by atoms with van der Waals surface area (Å²) < 4.78 is 21.5. The molecule has 0 atom stereocenters. The van der Waals surface area contributed by atoms with E-state index in [2.05, 4.69) is 15.3 Å². The van der Waals surface area contributed by atoms with Gasteiger partial charge in [0.2, 0.25) is 10.0 Å². The summed E-state index contributed by atoms with van der Waals surface area (Å²) in [6.45, 7) is 0.555. The second-order valence-corrected chi connectivity index (χ2v) is 5.88. The molecule has 0 fully saturated rings. The van der Waals surface area contributed by atoms with Gasteiger partial charge in [-0.05, 0) is 25.7 Å². The average molecular weight is 256 g/mol. The van der Waals surface area contributed by atoms with Gasteiger partial charge >= 0.3 is 0 Å². The Morgan fingerprint density at radius 3 is 2.94 bits per heavy atom. The highest BCUT2D eigenvalue weighted by atomic mass is 32.2. The van der Waals surface area contributed by atoms with Crippen molar-refractivity contribution >= 4 is 15.8 Å². The SMILES string of the molecule is NS(=O)(=O)CCCNc1ncnc2c1CCC2. The van der Waals surface area contributed by atoms with Crippen molar-refractivity contribution in [1.29, 1.82) is 0 Å². The highest BCUT2D eigenvalue weighted by molar-refractivity contribution is 7.89. The van der Waals surface area contributed by atoms with Crippen molar-refractivity contribution in [2.45, 2.75) is 25.7 Å². The Bertz CT molecular complexity index is 501. The van der Waals surface area contributed by atoms with Crippen molar-refractivity contribution in [3.05, 3.63) is 17.6 Å². The Morgan fingerprint density at radius 2 is 2.18 bits per heavy atom. The van der Waals surface area contributed by atoms with Crippen LogP contribution in [-0.4, -0.2) is 30.7 Å². The molecule has 7 heteroatoms. The lowest BCUT2D eigenvalue weighted by Crippen LogP contribution is -2.19. The maximum atomic E-state index is 10.8. The van der Waals surface area contributed by atoms with Gasteiger partial charge in [0.25, 0.3) is 0 Å². The minimum Gasteiger partial charge on any atom is -0.370 e. The van der Waals surface area contributed by atoms with Crippen LogP contribution in [0, 0.1) is 0 Å². The molecule has 6 nitrogen and oxygen atoms in total. The fraction of sp³-hybridized carbons (Fsp3) is 0.600. The van der Waals surface area contributed by atoms with Crippen LogP contribution in [0.15, 0.2) is 6.33 Å². The van der Waals surface area contributed by atoms with Crippen LogP contribution >= 0.6 is 0 Å². The quantitative estimate of drug-likeness (QED) is 0.726. The predicted molar refractivity (Wildman–Crippen MR) is 65.1 cm³/mol. The summed E-state index contributed by atoms with van der Waals surface area (Å²) in [4.78, 5) is 8.40. The van der Waals surface area contributed by atoms with Crippen LogP contribution in [0.1, 0.15) is 24.1 Å². The minimum absolute atomic E-state index is 0.00667. The van der Waals surface area contributed by atoms with Crippen molar-refractivity contribution in [2.75, 3.05) is 17.6 Å². The third-order valence-electron chi connectivity index (χ3n) is 2.77. The number of nitrogens with two attached hydrogens (primary N) is 1. The van der Waals surface area contributed by atoms with Crippen LogP contribution in [0.5, 0.6) is 0 Å². The summed E-state index contributed by atoms with van der Waals surface area (Å²) in [6.07, 6.45) is 5.14. The number of nitrogens with one attached hydrogen (secondary N) is 1. The molecule has 1 heterocycles. The second kappa shape index (κ2) is 4.97. The van der Waals surface area contributed by atoms with Crippen LogP contribution in [0.3, 0.4) is 0 Å². The molecule has 0 radical (unpaired) electrons. The molecule has 0 spiro atoms. The molecule has 1 aromatic rings. The van der Waals surface area contributed by atoms with Crippen LogP contribution in [0.4, 0.5) is 5.82 Å². The zero-order valence-electron chi connectivity index (χ0n) is 9.52. The molecule has 0 amide bonds. The molecule has 0 aliphatic heterocycles. The highest BCUT2D eigenvalue weighted by Crippen LogP contribution is 2.24. The van der Waals surface area contributed by atoms with Crippen molar-refractivity contribution in [3.63, 3.8) is 0 Å². The molecule has 94 valence electrons. The van der Waals surface area contributed by atoms with Crippen LogP contribution in [0.25, 0.3) is 0 Å². The number of aryl methyl sites for hydroxylation is 1. The van der Waals surface area contributed by atoms with Crippen molar-refractivity contribution in [2.24, 2.45) is 5.14 Å². The van der Waals surface area contributed by atoms with Gasteiger partial charge in [-0.3, -0.25) is 0 Å². The molecule has 0 unspecified atom stereocenters. The lowest BCUT2D eigenvalue weighted by atomic mass is 10.2. The molecule has 1 aromatic heterocycles. The van der Waals surface area contributed by atoms with E-state index in [1.54, 1.807) is 6.33 Å². The van der Waals surface area contributed by atoms with Gasteiger partial charge in [0.05, 0.1) is 5.75 Å². The van der Waals surface area contributed by atoms with E-state index >= 15 is 0 Å². The molecule has 0 aromatic carbocycles. The molecule has 0 saturated carbocycles. The monoisotopic (exact) mass is 256 g/mol. The number of rotatable bonds is 5. The van der Waals surface area contributed by atoms with E-state index in [0.717, 1.165) is 30.8 Å². The number of hydrogen-bond donors (Lipinski definition) is 2. The Morgan fingerprint density at radius 1 is 1.35 bits per heavy atom. The molecule has 1 aliphatic carbocycles. The van der Waals surface area contributed by atoms with Crippen molar-refractivity contribution in [1.82, 2.24) is 9.97 Å². The fourth-order valence-electron chi connectivity index (χ4n) is 1.99. The van der Waals surface area contributed by atoms with Crippen molar-refractivity contribution < 1.29 is 8.42 Å². The normalized spacial score (nSPS) is 14.6. The number of aromatic nitrogens is 2. The summed E-state index contributed by atoms with van der Waals surface area (Å²) in [6, 6.07) is 0. The predicted octanol–water partition coefficient (Wildman–Crippen LogP) is 0.0558. The Labute approximate surface area is 101 Å². The second-order valence-electron chi connectivity index (χ2n) is 4.15. The smallest absolute Gasteiger partial charge is 0.209 e. The largest absolute Gasteiger partial charge is 0.370 e. The Kier molecular flexibility index (Phi) is 3.58. The first-order valence-corrected chi connectivity index (χ1v) is 7.35. The number of hydrogen-bond acceptors (Lipinski definition) is 5. The average Bonchev–Trinajstić information content (AvgIpc) is 2.71. The first kappa shape index (κ1) is 12.3. The van der Waals surface area contributed by atoms with Gasteiger partial charge in [-0.1, -0.05) is 0 Å². The standard InChI is InChI=1S/C10H16N4O2S/c11-17(15,16)6-2-5-12-10-8-3-1-4-9(8)13-7-14-10/h7H,1-6H2,(H2,11,15,16)(H,12,13,14). The van der Waals surface area contributed by atoms with Gasteiger partial charge < -0.3 is 5.32 Å². The zero-order chi connectivity index (χ0) is 12.3. The Hall–Kier alpha value is -1.21. The van der Waals surface area contributed by atoms with E-state index in [9.17, 15) is 8.42 Å². The van der Waals surface area contributed by atoms with Gasteiger partial charge in [0.15, 0.2) is 0 Å². The topological polar surface area (TPSA) is 98.0 Å². The number of nitrogens with zero attached hydrogens (tertiary/aromatic N) is 2. The van der Waals surface area contributed by atoms with E-state index in [4.69, 9.17) is 5.14 Å². The molecule has 17 heavy (non-hydrogen) atoms. The fourth-order valence-corrected chi connectivity index (χ4v) is 2.54. The van der Waals surface area contributed by atoms with E-state index in [1.165, 1.54) is 5.56 Å². The van der Waals surface area contributed by atoms with Crippen LogP contribution in [-0.2, 0) is 22.9 Å². The first-order chi connectivity index (χ1) is 8.06. The lowest BCUT2D eigenvalue weighted by Gasteiger charge is -2.08. The van der Waals surface area contributed by atoms with Gasteiger partial charge in [-0.2, -0.15) is 0 Å². The molecule has 2 rings (SSSR count). The molecule has 3 N–H and O–H groups in total. The minimum atomic E-state index is -3.36. The molecule has 0 bridgehead atoms. The highest BCUT2D eigenvalue weighted by Gasteiger charge is 2.16. The number of anilines is 1. The maximum absolute atomic E-state index is 10.8. The molecular weight excluding hydrogens is 240 g/mol. The number of sulfonamides is 1. The number of primary sulfonamides is 1. The lowest BCUT2D eigenvalue weighted by molar-refractivity contribution is 0.595. The summed E-state index contributed by atoms with van der Waals surface area (Å²) >= 11 is 0. The van der Waals surface area contributed by atoms with E-state index in [0.29, 0.717) is 13.0 Å². The van der Waals surface area contributed by atoms with Gasteiger partial charge in [0, 0.05) is 17.8 Å². The van der Waals surface area contributed by atoms with Gasteiger partial charge in [-0.15, -0.1) is 0 Å². The summed E-state index contributed by atoms with van der Waals surface area (Å²) in [5.74, 6) is 0.828. The molecule has 1 aliphatic rings. The summed E-state index contributed by atoms with van der Waals surface area (Å²) in [5, 5.41) is 8.07. The van der Waals surface area contributed by atoms with Gasteiger partial charge in [0.1, 0.15) is 12.1 Å². The third-order valence-corrected chi connectivity index (χ3v) is 3.63. The van der Waals surface area contributed by atoms with E-state index in [-0.39, 0.29) is 5.75 Å². The summed E-state index contributed by atoms with van der Waals surface area (Å²) in [7, 11) is -3.36. The number of fused-ring (bicyclic) bond motifs is 1. The Balaban J connectivity index is 1.90. The third kappa shape index (κ3) is 3.37. The van der Waals surface area contributed by atoms with E-state index < -0.39 is 10.0 Å². The molecular formula is C10H16N4O2S. The van der Waals surface area contributed by atoms with Gasteiger partial charge in [-0.25, -0.2) is 23.5 Å².